The molecular formula is C16H22BrNO3S. The number of ether oxygens (including phenoxy) is 1. The van der Waals surface area contributed by atoms with Crippen LogP contribution >= 0.6 is 11.3 Å². The Labute approximate surface area is 145 Å². The van der Waals surface area contributed by atoms with Gasteiger partial charge in [-0.05, 0) is 24.3 Å². The Balaban J connectivity index is 0.00000176. The SMILES string of the molecule is CCOC(=O)C[N+]12CCC(CC1)C(C(=O)c1cccs1)C2.[Br-]. The number of rotatable bonds is 5. The number of quaternary nitrogens is 1. The van der Waals surface area contributed by atoms with Gasteiger partial charge >= 0.3 is 5.97 Å². The molecule has 1 unspecified atom stereocenters. The molecular weight excluding hydrogens is 366 g/mol. The van der Waals surface area contributed by atoms with E-state index in [0.29, 0.717) is 19.1 Å². The summed E-state index contributed by atoms with van der Waals surface area (Å²) in [6.45, 7) is 5.52. The number of esters is 1. The molecule has 1 aromatic heterocycles. The normalized spacial score (nSPS) is 29.7. The van der Waals surface area contributed by atoms with Gasteiger partial charge in [-0.3, -0.25) is 4.79 Å². The van der Waals surface area contributed by atoms with Crippen LogP contribution in [0.15, 0.2) is 17.5 Å². The van der Waals surface area contributed by atoms with Crippen molar-refractivity contribution < 1.29 is 35.8 Å². The van der Waals surface area contributed by atoms with Crippen LogP contribution in [0.5, 0.6) is 0 Å². The molecule has 0 aromatic carbocycles. The summed E-state index contributed by atoms with van der Waals surface area (Å²) in [5, 5.41) is 1.96. The van der Waals surface area contributed by atoms with Crippen molar-refractivity contribution in [2.24, 2.45) is 11.8 Å². The zero-order chi connectivity index (χ0) is 14.9. The number of halogens is 1. The number of piperidine rings is 3. The van der Waals surface area contributed by atoms with Crippen LogP contribution in [-0.4, -0.2) is 49.0 Å². The second-order valence-corrected chi connectivity index (χ2v) is 7.17. The van der Waals surface area contributed by atoms with Crippen LogP contribution in [0.4, 0.5) is 0 Å². The van der Waals surface area contributed by atoms with E-state index < -0.39 is 0 Å². The van der Waals surface area contributed by atoms with E-state index in [1.54, 1.807) is 0 Å². The van der Waals surface area contributed by atoms with E-state index in [1.165, 1.54) is 11.3 Å². The minimum absolute atomic E-state index is 0. The summed E-state index contributed by atoms with van der Waals surface area (Å²) in [6.07, 6.45) is 2.11. The summed E-state index contributed by atoms with van der Waals surface area (Å²) in [7, 11) is 0. The van der Waals surface area contributed by atoms with Crippen molar-refractivity contribution >= 4 is 23.1 Å². The van der Waals surface area contributed by atoms with Crippen LogP contribution < -0.4 is 17.0 Å². The average molecular weight is 388 g/mol. The maximum atomic E-state index is 12.7. The van der Waals surface area contributed by atoms with Gasteiger partial charge in [-0.2, -0.15) is 0 Å². The molecule has 0 aliphatic carbocycles. The summed E-state index contributed by atoms with van der Waals surface area (Å²) < 4.78 is 5.87. The highest BCUT2D eigenvalue weighted by Gasteiger charge is 2.49. The maximum Gasteiger partial charge on any atom is 0.361 e. The first kappa shape index (κ1) is 17.6. The Morgan fingerprint density at radius 2 is 2.09 bits per heavy atom. The fourth-order valence-corrected chi connectivity index (χ4v) is 4.62. The van der Waals surface area contributed by atoms with Gasteiger partial charge in [0.1, 0.15) is 0 Å². The van der Waals surface area contributed by atoms with Crippen molar-refractivity contribution in [1.82, 2.24) is 0 Å². The van der Waals surface area contributed by atoms with Gasteiger partial charge in [0.25, 0.3) is 0 Å². The molecule has 3 saturated heterocycles. The molecule has 0 N–H and O–H groups in total. The molecule has 1 atom stereocenters. The second-order valence-electron chi connectivity index (χ2n) is 6.22. The van der Waals surface area contributed by atoms with Gasteiger partial charge in [-0.25, -0.2) is 4.79 Å². The summed E-state index contributed by atoms with van der Waals surface area (Å²) >= 11 is 1.52. The molecule has 6 heteroatoms. The lowest BCUT2D eigenvalue weighted by molar-refractivity contribution is -0.938. The zero-order valence-corrected chi connectivity index (χ0v) is 15.2. The third-order valence-corrected chi connectivity index (χ3v) is 5.86. The van der Waals surface area contributed by atoms with E-state index in [1.807, 2.05) is 24.4 Å². The number of hydrogen-bond acceptors (Lipinski definition) is 4. The van der Waals surface area contributed by atoms with Crippen LogP contribution in [0.3, 0.4) is 0 Å². The van der Waals surface area contributed by atoms with Gasteiger partial charge in [-0.1, -0.05) is 6.07 Å². The molecule has 3 aliphatic rings. The fraction of sp³-hybridized carbons (Fsp3) is 0.625. The summed E-state index contributed by atoms with van der Waals surface area (Å²) in [5.74, 6) is 0.739. The van der Waals surface area contributed by atoms with Gasteiger partial charge in [0, 0.05) is 12.8 Å². The average Bonchev–Trinajstić information content (AvgIpc) is 3.01. The van der Waals surface area contributed by atoms with Crippen molar-refractivity contribution in [3.8, 4) is 0 Å². The van der Waals surface area contributed by atoms with Gasteiger partial charge < -0.3 is 26.2 Å². The Morgan fingerprint density at radius 1 is 1.36 bits per heavy atom. The quantitative estimate of drug-likeness (QED) is 0.383. The second kappa shape index (κ2) is 7.23. The highest BCUT2D eigenvalue weighted by atomic mass is 79.9. The van der Waals surface area contributed by atoms with Crippen molar-refractivity contribution in [2.75, 3.05) is 32.8 Å². The first-order valence-corrected chi connectivity index (χ1v) is 8.60. The third kappa shape index (κ3) is 3.44. The van der Waals surface area contributed by atoms with Gasteiger partial charge in [0.2, 0.25) is 0 Å². The molecule has 0 spiro atoms. The number of thiophene rings is 1. The molecule has 0 amide bonds. The summed E-state index contributed by atoms with van der Waals surface area (Å²) in [4.78, 5) is 25.4. The van der Waals surface area contributed by atoms with Crippen LogP contribution in [0, 0.1) is 11.8 Å². The lowest BCUT2D eigenvalue weighted by atomic mass is 9.75. The lowest BCUT2D eigenvalue weighted by Gasteiger charge is -2.51. The van der Waals surface area contributed by atoms with Crippen molar-refractivity contribution in [1.29, 1.82) is 0 Å². The number of carbonyl (C=O) groups excluding carboxylic acids is 2. The lowest BCUT2D eigenvalue weighted by Crippen LogP contribution is -3.00. The highest BCUT2D eigenvalue weighted by molar-refractivity contribution is 7.12. The van der Waals surface area contributed by atoms with E-state index in [0.717, 1.165) is 41.8 Å². The monoisotopic (exact) mass is 387 g/mol. The van der Waals surface area contributed by atoms with Gasteiger partial charge in [0.15, 0.2) is 12.3 Å². The van der Waals surface area contributed by atoms with Crippen molar-refractivity contribution in [3.63, 3.8) is 0 Å². The van der Waals surface area contributed by atoms with Crippen LogP contribution in [0.25, 0.3) is 0 Å². The van der Waals surface area contributed by atoms with E-state index in [4.69, 9.17) is 4.74 Å². The first-order valence-electron chi connectivity index (χ1n) is 7.72. The molecule has 0 saturated carbocycles. The Hall–Kier alpha value is -0.720. The predicted octanol–water partition coefficient (Wildman–Crippen LogP) is -0.645. The van der Waals surface area contributed by atoms with E-state index in [2.05, 4.69) is 0 Å². The highest BCUT2D eigenvalue weighted by Crippen LogP contribution is 2.39. The zero-order valence-electron chi connectivity index (χ0n) is 12.8. The molecule has 4 heterocycles. The molecule has 3 fully saturated rings. The van der Waals surface area contributed by atoms with Crippen LogP contribution in [0.2, 0.25) is 0 Å². The third-order valence-electron chi connectivity index (χ3n) is 4.97. The smallest absolute Gasteiger partial charge is 0.361 e. The Morgan fingerprint density at radius 3 is 2.68 bits per heavy atom. The molecule has 3 aliphatic heterocycles. The van der Waals surface area contributed by atoms with Crippen LogP contribution in [-0.2, 0) is 9.53 Å². The maximum absolute atomic E-state index is 12.7. The van der Waals surface area contributed by atoms with E-state index in [9.17, 15) is 9.59 Å². The number of fused-ring (bicyclic) bond motifs is 3. The fourth-order valence-electron chi connectivity index (χ4n) is 3.89. The minimum atomic E-state index is -0.125. The number of carbonyl (C=O) groups is 2. The standard InChI is InChI=1S/C16H22NO3S.BrH/c1-2-20-15(18)11-17-7-5-12(6-8-17)13(10-17)16(19)14-4-3-9-21-14;/h3-4,9,12-13H,2,5-8,10-11H2,1H3;1H/q+1;/p-1. The topological polar surface area (TPSA) is 43.4 Å². The number of nitrogens with zero attached hydrogens (tertiary/aromatic N) is 1. The first-order chi connectivity index (χ1) is 10.1. The Bertz CT molecular complexity index is 524. The molecule has 1 aromatic rings. The summed E-state index contributed by atoms with van der Waals surface area (Å²) in [5.41, 5.74) is 0. The van der Waals surface area contributed by atoms with E-state index in [-0.39, 0.29) is 34.7 Å². The Kier molecular flexibility index (Phi) is 5.80. The van der Waals surface area contributed by atoms with Crippen LogP contribution in [0.1, 0.15) is 29.4 Å². The predicted molar refractivity (Wildman–Crippen MR) is 81.2 cm³/mol. The van der Waals surface area contributed by atoms with Crippen molar-refractivity contribution in [3.05, 3.63) is 22.4 Å². The number of ketones is 1. The summed E-state index contributed by atoms with van der Waals surface area (Å²) in [6, 6.07) is 3.85. The van der Waals surface area contributed by atoms with Crippen molar-refractivity contribution in [2.45, 2.75) is 19.8 Å². The minimum Gasteiger partial charge on any atom is -1.00 e. The number of hydrogen-bond donors (Lipinski definition) is 0. The molecule has 4 nitrogen and oxygen atoms in total. The largest absolute Gasteiger partial charge is 1.00 e. The molecule has 22 heavy (non-hydrogen) atoms. The number of Topliss-reactive ketones (excluding diaryl/α,β-unsaturated/α-hetero) is 1. The van der Waals surface area contributed by atoms with E-state index >= 15 is 0 Å². The molecule has 4 rings (SSSR count). The molecule has 122 valence electrons. The van der Waals surface area contributed by atoms with Gasteiger partial charge in [0.05, 0.1) is 37.0 Å². The molecule has 0 radical (unpaired) electrons. The molecule has 2 bridgehead atoms. The van der Waals surface area contributed by atoms with Gasteiger partial charge in [-0.15, -0.1) is 11.3 Å².